The van der Waals surface area contributed by atoms with Crippen LogP contribution in [0.1, 0.15) is 38.8 Å². The molecule has 0 spiro atoms. The van der Waals surface area contributed by atoms with E-state index in [9.17, 15) is 0 Å². The molecular formula is C10H15Cl2NS. The molecule has 0 aromatic carbocycles. The molecule has 1 rings (SSSR count). The van der Waals surface area contributed by atoms with Gasteiger partial charge in [-0.2, -0.15) is 0 Å². The van der Waals surface area contributed by atoms with Gasteiger partial charge in [-0.15, -0.1) is 11.3 Å². The first kappa shape index (κ1) is 12.3. The highest BCUT2D eigenvalue weighted by molar-refractivity contribution is 7.20. The molecular weight excluding hydrogens is 237 g/mol. The van der Waals surface area contributed by atoms with Gasteiger partial charge >= 0.3 is 0 Å². The Labute approximate surface area is 99.2 Å². The van der Waals surface area contributed by atoms with Gasteiger partial charge < -0.3 is 5.73 Å². The average molecular weight is 252 g/mol. The first-order valence-electron chi connectivity index (χ1n) is 4.58. The lowest BCUT2D eigenvalue weighted by Crippen LogP contribution is -2.28. The van der Waals surface area contributed by atoms with Crippen molar-refractivity contribution < 1.29 is 0 Å². The Morgan fingerprint density at radius 2 is 2.07 bits per heavy atom. The van der Waals surface area contributed by atoms with Gasteiger partial charge in [0.15, 0.2) is 0 Å². The van der Waals surface area contributed by atoms with E-state index in [2.05, 4.69) is 20.8 Å². The molecule has 0 fully saturated rings. The van der Waals surface area contributed by atoms with Crippen molar-refractivity contribution in [1.82, 2.24) is 0 Å². The topological polar surface area (TPSA) is 26.0 Å². The Bertz CT molecular complexity index is 320. The molecule has 1 atom stereocenters. The minimum absolute atomic E-state index is 0.0496. The van der Waals surface area contributed by atoms with Crippen LogP contribution in [0, 0.1) is 5.41 Å². The third kappa shape index (κ3) is 2.43. The molecule has 0 aliphatic heterocycles. The van der Waals surface area contributed by atoms with Crippen LogP contribution in [-0.2, 0) is 0 Å². The van der Waals surface area contributed by atoms with Crippen molar-refractivity contribution in [2.45, 2.75) is 33.2 Å². The van der Waals surface area contributed by atoms with Gasteiger partial charge in [-0.25, -0.2) is 0 Å². The highest BCUT2D eigenvalue weighted by atomic mass is 35.5. The molecule has 1 heterocycles. The van der Waals surface area contributed by atoms with E-state index in [0.29, 0.717) is 8.67 Å². The lowest BCUT2D eigenvalue weighted by atomic mass is 9.80. The monoisotopic (exact) mass is 251 g/mol. The van der Waals surface area contributed by atoms with E-state index in [0.717, 1.165) is 12.0 Å². The summed E-state index contributed by atoms with van der Waals surface area (Å²) in [4.78, 5) is 0. The molecule has 0 aliphatic carbocycles. The van der Waals surface area contributed by atoms with Crippen molar-refractivity contribution in [3.05, 3.63) is 20.3 Å². The molecule has 0 aliphatic rings. The predicted octanol–water partition coefficient (Wildman–Crippen LogP) is 4.49. The van der Waals surface area contributed by atoms with E-state index >= 15 is 0 Å². The minimum atomic E-state index is -0.0521. The van der Waals surface area contributed by atoms with Gasteiger partial charge in [-0.1, -0.05) is 44.0 Å². The fourth-order valence-corrected chi connectivity index (χ4v) is 2.76. The maximum atomic E-state index is 6.16. The molecule has 2 N–H and O–H groups in total. The van der Waals surface area contributed by atoms with Crippen molar-refractivity contribution in [2.75, 3.05) is 0 Å². The largest absolute Gasteiger partial charge is 0.323 e. The van der Waals surface area contributed by atoms with Crippen molar-refractivity contribution >= 4 is 34.5 Å². The maximum Gasteiger partial charge on any atom is 0.0992 e. The third-order valence-corrected chi connectivity index (χ3v) is 4.29. The number of nitrogens with two attached hydrogens (primary N) is 1. The Kier molecular flexibility index (Phi) is 3.87. The molecule has 80 valence electrons. The molecule has 0 amide bonds. The molecule has 1 aromatic heterocycles. The zero-order chi connectivity index (χ0) is 10.9. The Balaban J connectivity index is 3.00. The van der Waals surface area contributed by atoms with Crippen LogP contribution in [-0.4, -0.2) is 0 Å². The number of rotatable bonds is 3. The van der Waals surface area contributed by atoms with Crippen molar-refractivity contribution in [3.63, 3.8) is 0 Å². The van der Waals surface area contributed by atoms with Gasteiger partial charge in [-0.05, 0) is 17.9 Å². The second-order valence-corrected chi connectivity index (χ2v) is 6.38. The second kappa shape index (κ2) is 4.40. The van der Waals surface area contributed by atoms with Crippen molar-refractivity contribution in [1.29, 1.82) is 0 Å². The third-order valence-electron chi connectivity index (χ3n) is 2.77. The summed E-state index contributed by atoms with van der Waals surface area (Å²) < 4.78 is 1.41. The molecule has 1 nitrogen and oxygen atoms in total. The van der Waals surface area contributed by atoms with E-state index < -0.39 is 0 Å². The van der Waals surface area contributed by atoms with E-state index in [1.807, 2.05) is 6.07 Å². The Morgan fingerprint density at radius 3 is 2.43 bits per heavy atom. The summed E-state index contributed by atoms with van der Waals surface area (Å²) in [6, 6.07) is 1.82. The normalized spacial score (nSPS) is 14.4. The van der Waals surface area contributed by atoms with Crippen LogP contribution in [0.4, 0.5) is 0 Å². The molecule has 0 saturated carbocycles. The van der Waals surface area contributed by atoms with Gasteiger partial charge in [0.2, 0.25) is 0 Å². The summed E-state index contributed by atoms with van der Waals surface area (Å²) in [5.74, 6) is 0. The van der Waals surface area contributed by atoms with Crippen LogP contribution in [0.25, 0.3) is 0 Å². The molecule has 14 heavy (non-hydrogen) atoms. The zero-order valence-electron chi connectivity index (χ0n) is 8.60. The van der Waals surface area contributed by atoms with Gasteiger partial charge in [0, 0.05) is 11.6 Å². The zero-order valence-corrected chi connectivity index (χ0v) is 10.9. The van der Waals surface area contributed by atoms with Crippen molar-refractivity contribution in [3.8, 4) is 0 Å². The fourth-order valence-electron chi connectivity index (χ4n) is 1.21. The Morgan fingerprint density at radius 1 is 1.50 bits per heavy atom. The van der Waals surface area contributed by atoms with E-state index in [1.165, 1.54) is 11.3 Å². The lowest BCUT2D eigenvalue weighted by molar-refractivity contribution is 0.279. The van der Waals surface area contributed by atoms with Gasteiger partial charge in [0.1, 0.15) is 0 Å². The number of hydrogen-bond acceptors (Lipinski definition) is 2. The summed E-state index contributed by atoms with van der Waals surface area (Å²) in [5.41, 5.74) is 7.18. The van der Waals surface area contributed by atoms with Crippen LogP contribution in [0.2, 0.25) is 8.67 Å². The van der Waals surface area contributed by atoms with Gasteiger partial charge in [0.25, 0.3) is 0 Å². The first-order valence-corrected chi connectivity index (χ1v) is 6.16. The average Bonchev–Trinajstić information content (AvgIpc) is 2.44. The van der Waals surface area contributed by atoms with Crippen LogP contribution >= 0.6 is 34.5 Å². The van der Waals surface area contributed by atoms with Crippen LogP contribution in [0.3, 0.4) is 0 Å². The lowest BCUT2D eigenvalue weighted by Gasteiger charge is -2.30. The summed E-state index contributed by atoms with van der Waals surface area (Å²) >= 11 is 13.3. The Hall–Kier alpha value is 0.240. The molecule has 1 unspecified atom stereocenters. The van der Waals surface area contributed by atoms with E-state index in [-0.39, 0.29) is 11.5 Å². The SMILES string of the molecule is CCC(C)(C)C(N)c1cc(Cl)sc1Cl. The molecule has 4 heteroatoms. The van der Waals surface area contributed by atoms with Gasteiger partial charge in [0.05, 0.1) is 8.67 Å². The number of halogens is 2. The second-order valence-electron chi connectivity index (χ2n) is 4.10. The van der Waals surface area contributed by atoms with Crippen LogP contribution in [0.5, 0.6) is 0 Å². The van der Waals surface area contributed by atoms with Crippen molar-refractivity contribution in [2.24, 2.45) is 11.1 Å². The quantitative estimate of drug-likeness (QED) is 0.842. The number of hydrogen-bond donors (Lipinski definition) is 1. The highest BCUT2D eigenvalue weighted by Gasteiger charge is 2.28. The van der Waals surface area contributed by atoms with E-state index in [1.54, 1.807) is 0 Å². The smallest absolute Gasteiger partial charge is 0.0992 e. The standard InChI is InChI=1S/C10H15Cl2NS/c1-4-10(2,3)8(13)6-5-7(11)14-9(6)12/h5,8H,4,13H2,1-3H3. The number of thiophene rings is 1. The highest BCUT2D eigenvalue weighted by Crippen LogP contribution is 2.41. The fraction of sp³-hybridized carbons (Fsp3) is 0.600. The first-order chi connectivity index (χ1) is 6.38. The molecule has 0 radical (unpaired) electrons. The predicted molar refractivity (Wildman–Crippen MR) is 65.3 cm³/mol. The van der Waals surface area contributed by atoms with E-state index in [4.69, 9.17) is 28.9 Å². The summed E-state index contributed by atoms with van der Waals surface area (Å²) in [6.07, 6.45) is 1.01. The summed E-state index contributed by atoms with van der Waals surface area (Å²) in [5, 5.41) is 0. The summed E-state index contributed by atoms with van der Waals surface area (Å²) in [6.45, 7) is 6.40. The molecule has 0 saturated heterocycles. The molecule has 0 bridgehead atoms. The molecule has 1 aromatic rings. The van der Waals surface area contributed by atoms with Crippen LogP contribution in [0.15, 0.2) is 6.07 Å². The maximum absolute atomic E-state index is 6.16. The van der Waals surface area contributed by atoms with Crippen LogP contribution < -0.4 is 5.73 Å². The van der Waals surface area contributed by atoms with Gasteiger partial charge in [-0.3, -0.25) is 0 Å². The minimum Gasteiger partial charge on any atom is -0.323 e. The summed E-state index contributed by atoms with van der Waals surface area (Å²) in [7, 11) is 0.